The number of ether oxygens (including phenoxy) is 1. The number of carbonyl (C=O) groups is 1. The molecule has 1 spiro atoms. The van der Waals surface area contributed by atoms with Gasteiger partial charge in [-0.25, -0.2) is 0 Å². The molecule has 1 aromatic carbocycles. The Morgan fingerprint density at radius 2 is 2.09 bits per heavy atom. The highest BCUT2D eigenvalue weighted by molar-refractivity contribution is 5.83. The predicted octanol–water partition coefficient (Wildman–Crippen LogP) is 4.22. The summed E-state index contributed by atoms with van der Waals surface area (Å²) < 4.78 is 6.01. The SMILES string of the molecule is CN(Cc1ccc2c(c1)CN(C(=O)[C@@H]1CC13CCCC3)CCO2)Cc1cc(C2CC2)n[nH]1. The minimum Gasteiger partial charge on any atom is -0.491 e. The van der Waals surface area contributed by atoms with E-state index in [0.29, 0.717) is 36.9 Å². The molecule has 0 bridgehead atoms. The maximum absolute atomic E-state index is 13.3. The molecule has 2 heterocycles. The van der Waals surface area contributed by atoms with Crippen molar-refractivity contribution >= 4 is 5.91 Å². The molecular weight excluding hydrogens is 400 g/mol. The molecule has 3 aliphatic carbocycles. The van der Waals surface area contributed by atoms with Gasteiger partial charge < -0.3 is 9.64 Å². The van der Waals surface area contributed by atoms with Gasteiger partial charge in [-0.3, -0.25) is 14.8 Å². The monoisotopic (exact) mass is 434 g/mol. The number of hydrogen-bond acceptors (Lipinski definition) is 4. The Morgan fingerprint density at radius 1 is 1.25 bits per heavy atom. The van der Waals surface area contributed by atoms with E-state index in [1.165, 1.54) is 55.5 Å². The van der Waals surface area contributed by atoms with Crippen LogP contribution in [0, 0.1) is 11.3 Å². The summed E-state index contributed by atoms with van der Waals surface area (Å²) in [6, 6.07) is 8.70. The van der Waals surface area contributed by atoms with Crippen molar-refractivity contribution in [3.63, 3.8) is 0 Å². The van der Waals surface area contributed by atoms with Crippen molar-refractivity contribution in [3.8, 4) is 5.75 Å². The summed E-state index contributed by atoms with van der Waals surface area (Å²) in [5.74, 6) is 2.23. The Balaban J connectivity index is 1.11. The summed E-state index contributed by atoms with van der Waals surface area (Å²) in [4.78, 5) is 17.6. The molecule has 6 heteroatoms. The molecule has 3 fully saturated rings. The van der Waals surface area contributed by atoms with Gasteiger partial charge in [0.15, 0.2) is 0 Å². The van der Waals surface area contributed by atoms with Crippen molar-refractivity contribution in [1.82, 2.24) is 20.0 Å². The van der Waals surface area contributed by atoms with Gasteiger partial charge in [-0.05, 0) is 68.3 Å². The minimum atomic E-state index is 0.260. The van der Waals surface area contributed by atoms with Gasteiger partial charge in [0.2, 0.25) is 5.91 Å². The van der Waals surface area contributed by atoms with Gasteiger partial charge in [0.05, 0.1) is 12.2 Å². The van der Waals surface area contributed by atoms with Crippen molar-refractivity contribution in [2.75, 3.05) is 20.2 Å². The highest BCUT2D eigenvalue weighted by Crippen LogP contribution is 2.63. The Kier molecular flexibility index (Phi) is 5.01. The van der Waals surface area contributed by atoms with E-state index in [-0.39, 0.29) is 5.92 Å². The molecule has 2 aromatic rings. The van der Waals surface area contributed by atoms with E-state index in [2.05, 4.69) is 51.3 Å². The molecule has 1 atom stereocenters. The third-order valence-corrected chi connectivity index (χ3v) is 8.04. The van der Waals surface area contributed by atoms with Crippen LogP contribution in [0.1, 0.15) is 73.4 Å². The van der Waals surface area contributed by atoms with Crippen LogP contribution in [0.15, 0.2) is 24.3 Å². The van der Waals surface area contributed by atoms with Crippen LogP contribution in [0.3, 0.4) is 0 Å². The van der Waals surface area contributed by atoms with Crippen molar-refractivity contribution in [3.05, 3.63) is 46.8 Å². The standard InChI is InChI=1S/C26H34N4O2/c1-29(17-21-13-23(28-27-21)19-5-6-19)15-18-4-7-24-20(12-18)16-30(10-11-32-24)25(31)22-14-26(22)8-2-3-9-26/h4,7,12-13,19,22H,2-3,5-6,8-11,14-17H2,1H3,(H,27,28)/t22-/m0/s1. The number of aromatic amines is 1. The Bertz CT molecular complexity index is 1010. The van der Waals surface area contributed by atoms with E-state index >= 15 is 0 Å². The summed E-state index contributed by atoms with van der Waals surface area (Å²) in [6.07, 6.45) is 8.76. The topological polar surface area (TPSA) is 61.5 Å². The summed E-state index contributed by atoms with van der Waals surface area (Å²) >= 11 is 0. The zero-order chi connectivity index (χ0) is 21.7. The van der Waals surface area contributed by atoms with Crippen LogP contribution in [-0.4, -0.2) is 46.1 Å². The number of rotatable bonds is 6. The Morgan fingerprint density at radius 3 is 2.91 bits per heavy atom. The average Bonchev–Trinajstić information content (AvgIpc) is 3.65. The number of aromatic nitrogens is 2. The predicted molar refractivity (Wildman–Crippen MR) is 122 cm³/mol. The second-order valence-corrected chi connectivity index (χ2v) is 10.6. The third-order valence-electron chi connectivity index (χ3n) is 8.04. The summed E-state index contributed by atoms with van der Waals surface area (Å²) in [5.41, 5.74) is 5.14. The van der Waals surface area contributed by atoms with E-state index < -0.39 is 0 Å². The van der Waals surface area contributed by atoms with Crippen molar-refractivity contribution < 1.29 is 9.53 Å². The fourth-order valence-corrected chi connectivity index (χ4v) is 5.99. The van der Waals surface area contributed by atoms with E-state index in [9.17, 15) is 4.79 Å². The molecule has 1 amide bonds. The first-order valence-corrected chi connectivity index (χ1v) is 12.4. The molecule has 6 rings (SSSR count). The van der Waals surface area contributed by atoms with Crippen molar-refractivity contribution in [2.24, 2.45) is 11.3 Å². The Hall–Kier alpha value is -2.34. The smallest absolute Gasteiger partial charge is 0.226 e. The third kappa shape index (κ3) is 3.94. The lowest BCUT2D eigenvalue weighted by molar-refractivity contribution is -0.134. The molecule has 170 valence electrons. The van der Waals surface area contributed by atoms with Crippen molar-refractivity contribution in [1.29, 1.82) is 0 Å². The van der Waals surface area contributed by atoms with E-state index in [0.717, 1.165) is 30.8 Å². The molecule has 0 radical (unpaired) electrons. The number of H-pyrrole nitrogens is 1. The number of carbonyl (C=O) groups excluding carboxylic acids is 1. The van der Waals surface area contributed by atoms with E-state index in [1.807, 2.05) is 0 Å². The van der Waals surface area contributed by atoms with Gasteiger partial charge in [-0.2, -0.15) is 5.10 Å². The molecule has 1 aromatic heterocycles. The Labute approximate surface area is 190 Å². The number of nitrogens with zero attached hydrogens (tertiary/aromatic N) is 3. The summed E-state index contributed by atoms with van der Waals surface area (Å²) in [6.45, 7) is 3.65. The van der Waals surface area contributed by atoms with Gasteiger partial charge in [0, 0.05) is 42.7 Å². The number of fused-ring (bicyclic) bond motifs is 1. The van der Waals surface area contributed by atoms with Crippen LogP contribution >= 0.6 is 0 Å². The zero-order valence-electron chi connectivity index (χ0n) is 19.1. The highest BCUT2D eigenvalue weighted by atomic mass is 16.5. The molecule has 4 aliphatic rings. The molecule has 0 saturated heterocycles. The maximum atomic E-state index is 13.3. The number of hydrogen-bond donors (Lipinski definition) is 1. The molecule has 1 aliphatic heterocycles. The fourth-order valence-electron chi connectivity index (χ4n) is 5.99. The number of nitrogens with one attached hydrogen (secondary N) is 1. The molecule has 32 heavy (non-hydrogen) atoms. The van der Waals surface area contributed by atoms with E-state index in [4.69, 9.17) is 4.74 Å². The first kappa shape index (κ1) is 20.3. The van der Waals surface area contributed by atoms with Gasteiger partial charge >= 0.3 is 0 Å². The lowest BCUT2D eigenvalue weighted by atomic mass is 10.0. The number of benzene rings is 1. The minimum absolute atomic E-state index is 0.260. The molecular formula is C26H34N4O2. The summed E-state index contributed by atoms with van der Waals surface area (Å²) in [7, 11) is 2.14. The lowest BCUT2D eigenvalue weighted by Gasteiger charge is -2.22. The van der Waals surface area contributed by atoms with Crippen molar-refractivity contribution in [2.45, 2.75) is 70.5 Å². The maximum Gasteiger partial charge on any atom is 0.226 e. The molecule has 1 N–H and O–H groups in total. The van der Waals surface area contributed by atoms with Crippen LogP contribution in [0.25, 0.3) is 0 Å². The normalized spacial score (nSPS) is 23.8. The number of amides is 1. The van der Waals surface area contributed by atoms with Crippen LogP contribution in [0.4, 0.5) is 0 Å². The van der Waals surface area contributed by atoms with Gasteiger partial charge in [-0.15, -0.1) is 0 Å². The second-order valence-electron chi connectivity index (χ2n) is 10.6. The van der Waals surface area contributed by atoms with Gasteiger partial charge in [0.1, 0.15) is 12.4 Å². The van der Waals surface area contributed by atoms with Gasteiger partial charge in [0.25, 0.3) is 0 Å². The van der Waals surface area contributed by atoms with Crippen LogP contribution in [0.2, 0.25) is 0 Å². The molecule has 0 unspecified atom stereocenters. The molecule has 3 saturated carbocycles. The van der Waals surface area contributed by atoms with Crippen LogP contribution < -0.4 is 4.74 Å². The van der Waals surface area contributed by atoms with Crippen LogP contribution in [-0.2, 0) is 24.4 Å². The largest absolute Gasteiger partial charge is 0.491 e. The summed E-state index contributed by atoms with van der Waals surface area (Å²) in [5, 5.41) is 7.67. The first-order valence-electron chi connectivity index (χ1n) is 12.4. The van der Waals surface area contributed by atoms with E-state index in [1.54, 1.807) is 0 Å². The van der Waals surface area contributed by atoms with Gasteiger partial charge in [-0.1, -0.05) is 18.9 Å². The first-order chi connectivity index (χ1) is 15.6. The highest BCUT2D eigenvalue weighted by Gasteiger charge is 2.59. The average molecular weight is 435 g/mol. The second kappa shape index (κ2) is 7.91. The fraction of sp³-hybridized carbons (Fsp3) is 0.615. The van der Waals surface area contributed by atoms with Crippen LogP contribution in [0.5, 0.6) is 5.75 Å². The quantitative estimate of drug-likeness (QED) is 0.739. The lowest BCUT2D eigenvalue weighted by Crippen LogP contribution is -2.34. The molecule has 6 nitrogen and oxygen atoms in total. The zero-order valence-corrected chi connectivity index (χ0v) is 19.1.